The number of rotatable bonds is 1. The first-order valence-electron chi connectivity index (χ1n) is 5.77. The molecule has 0 unspecified atom stereocenters. The lowest BCUT2D eigenvalue weighted by Gasteiger charge is -2.05. The molecule has 1 heterocycles. The van der Waals surface area contributed by atoms with E-state index in [0.717, 1.165) is 0 Å². The van der Waals surface area contributed by atoms with Gasteiger partial charge in [-0.3, -0.25) is 4.79 Å². The van der Waals surface area contributed by atoms with Gasteiger partial charge in [0.2, 0.25) is 0 Å². The number of fused-ring (bicyclic) bond motifs is 1. The molecular formula is C15H8Cl2O3. The Morgan fingerprint density at radius 3 is 2.40 bits per heavy atom. The minimum Gasteiger partial charge on any atom is -0.508 e. The maximum atomic E-state index is 12.1. The minimum absolute atomic E-state index is 0.137. The van der Waals surface area contributed by atoms with E-state index in [9.17, 15) is 9.90 Å². The summed E-state index contributed by atoms with van der Waals surface area (Å²) in [6, 6.07) is 10.9. The first-order valence-corrected chi connectivity index (χ1v) is 6.53. The molecular weight excluding hydrogens is 299 g/mol. The molecule has 3 aromatic rings. The Kier molecular flexibility index (Phi) is 3.16. The van der Waals surface area contributed by atoms with E-state index in [1.54, 1.807) is 24.3 Å². The molecule has 0 aliphatic heterocycles. The Morgan fingerprint density at radius 1 is 1.00 bits per heavy atom. The largest absolute Gasteiger partial charge is 0.508 e. The van der Waals surface area contributed by atoms with Crippen LogP contribution < -0.4 is 5.43 Å². The van der Waals surface area contributed by atoms with Crippen molar-refractivity contribution < 1.29 is 9.52 Å². The second kappa shape index (κ2) is 4.85. The lowest BCUT2D eigenvalue weighted by Crippen LogP contribution is -2.00. The average molecular weight is 307 g/mol. The summed E-state index contributed by atoms with van der Waals surface area (Å²) in [6.45, 7) is 0. The predicted molar refractivity (Wildman–Crippen MR) is 79.6 cm³/mol. The lowest BCUT2D eigenvalue weighted by atomic mass is 10.1. The van der Waals surface area contributed by atoms with Crippen LogP contribution >= 0.6 is 23.2 Å². The lowest BCUT2D eigenvalue weighted by molar-refractivity contribution is 0.475. The van der Waals surface area contributed by atoms with E-state index in [1.807, 2.05) is 0 Å². The molecule has 3 nitrogen and oxygen atoms in total. The van der Waals surface area contributed by atoms with E-state index in [0.29, 0.717) is 21.7 Å². The highest BCUT2D eigenvalue weighted by atomic mass is 35.5. The molecule has 0 spiro atoms. The fourth-order valence-electron chi connectivity index (χ4n) is 1.93. The molecule has 0 aliphatic carbocycles. The van der Waals surface area contributed by atoms with E-state index in [4.69, 9.17) is 27.6 Å². The second-order valence-electron chi connectivity index (χ2n) is 4.26. The third-order valence-electron chi connectivity index (χ3n) is 2.94. The molecule has 0 amide bonds. The van der Waals surface area contributed by atoms with Crippen LogP contribution in [0.15, 0.2) is 51.7 Å². The van der Waals surface area contributed by atoms with Crippen molar-refractivity contribution in [3.8, 4) is 17.1 Å². The van der Waals surface area contributed by atoms with Gasteiger partial charge in [-0.05, 0) is 36.4 Å². The third-order valence-corrected chi connectivity index (χ3v) is 3.73. The first-order chi connectivity index (χ1) is 9.56. The summed E-state index contributed by atoms with van der Waals surface area (Å²) >= 11 is 12.0. The number of hydrogen-bond acceptors (Lipinski definition) is 3. The quantitative estimate of drug-likeness (QED) is 0.721. The summed E-state index contributed by atoms with van der Waals surface area (Å²) < 4.78 is 5.68. The zero-order chi connectivity index (χ0) is 14.3. The molecule has 5 heteroatoms. The number of benzene rings is 2. The summed E-state index contributed by atoms with van der Waals surface area (Å²) in [6.07, 6.45) is 0. The van der Waals surface area contributed by atoms with Gasteiger partial charge in [0, 0.05) is 11.6 Å². The molecule has 1 aromatic heterocycles. The number of halogens is 2. The fourth-order valence-corrected chi connectivity index (χ4v) is 2.28. The van der Waals surface area contributed by atoms with Crippen molar-refractivity contribution >= 4 is 34.2 Å². The van der Waals surface area contributed by atoms with E-state index in [-0.39, 0.29) is 21.8 Å². The van der Waals surface area contributed by atoms with Gasteiger partial charge >= 0.3 is 0 Å². The van der Waals surface area contributed by atoms with Crippen LogP contribution in [-0.4, -0.2) is 5.11 Å². The Morgan fingerprint density at radius 2 is 1.70 bits per heavy atom. The molecule has 20 heavy (non-hydrogen) atoms. The highest BCUT2D eigenvalue weighted by Crippen LogP contribution is 2.32. The highest BCUT2D eigenvalue weighted by Gasteiger charge is 2.12. The number of hydrogen-bond donors (Lipinski definition) is 1. The van der Waals surface area contributed by atoms with Crippen LogP contribution in [0.3, 0.4) is 0 Å². The van der Waals surface area contributed by atoms with Gasteiger partial charge in [0.25, 0.3) is 0 Å². The Bertz CT molecular complexity index is 851. The maximum Gasteiger partial charge on any atom is 0.193 e. The van der Waals surface area contributed by atoms with Gasteiger partial charge in [0.1, 0.15) is 16.5 Å². The highest BCUT2D eigenvalue weighted by molar-refractivity contribution is 6.44. The maximum absolute atomic E-state index is 12.1. The van der Waals surface area contributed by atoms with Crippen LogP contribution in [0.4, 0.5) is 0 Å². The van der Waals surface area contributed by atoms with Crippen LogP contribution in [0, 0.1) is 0 Å². The Hall–Kier alpha value is -1.97. The summed E-state index contributed by atoms with van der Waals surface area (Å²) in [4.78, 5) is 12.1. The van der Waals surface area contributed by atoms with Crippen molar-refractivity contribution in [3.05, 3.63) is 62.7 Å². The third kappa shape index (κ3) is 2.15. The molecule has 0 saturated heterocycles. The smallest absolute Gasteiger partial charge is 0.193 e. The van der Waals surface area contributed by atoms with Crippen molar-refractivity contribution in [2.45, 2.75) is 0 Å². The number of phenols is 1. The molecule has 3 rings (SSSR count). The van der Waals surface area contributed by atoms with Crippen molar-refractivity contribution in [2.75, 3.05) is 0 Å². The molecule has 0 atom stereocenters. The molecule has 0 radical (unpaired) electrons. The average Bonchev–Trinajstić information content (AvgIpc) is 2.44. The molecule has 0 aliphatic rings. The minimum atomic E-state index is -0.201. The van der Waals surface area contributed by atoms with E-state index < -0.39 is 0 Å². The second-order valence-corrected chi connectivity index (χ2v) is 5.04. The normalized spacial score (nSPS) is 10.9. The number of aromatic hydroxyl groups is 1. The van der Waals surface area contributed by atoms with Gasteiger partial charge in [-0.2, -0.15) is 0 Å². The summed E-state index contributed by atoms with van der Waals surface area (Å²) in [5.41, 5.74) is 0.723. The van der Waals surface area contributed by atoms with Gasteiger partial charge < -0.3 is 9.52 Å². The Balaban J connectivity index is 2.31. The van der Waals surface area contributed by atoms with Crippen molar-refractivity contribution in [2.24, 2.45) is 0 Å². The van der Waals surface area contributed by atoms with E-state index >= 15 is 0 Å². The van der Waals surface area contributed by atoms with Gasteiger partial charge in [0.15, 0.2) is 11.0 Å². The van der Waals surface area contributed by atoms with E-state index in [1.165, 1.54) is 18.2 Å². The summed E-state index contributed by atoms with van der Waals surface area (Å²) in [7, 11) is 0. The van der Waals surface area contributed by atoms with Gasteiger partial charge in [-0.25, -0.2) is 0 Å². The number of phenolic OH excluding ortho intramolecular Hbond substituents is 1. The molecule has 0 fully saturated rings. The van der Waals surface area contributed by atoms with Crippen molar-refractivity contribution in [3.63, 3.8) is 0 Å². The van der Waals surface area contributed by atoms with Crippen molar-refractivity contribution in [1.82, 2.24) is 0 Å². The SMILES string of the molecule is O=c1cc(-c2ccc(O)cc2)oc2c(Cl)c(Cl)ccc12. The van der Waals surface area contributed by atoms with Crippen molar-refractivity contribution in [1.29, 1.82) is 0 Å². The van der Waals surface area contributed by atoms with Gasteiger partial charge in [-0.1, -0.05) is 23.2 Å². The monoisotopic (exact) mass is 306 g/mol. The molecule has 0 saturated carbocycles. The summed E-state index contributed by atoms with van der Waals surface area (Å²) in [5, 5.41) is 10.2. The standard InChI is InChI=1S/C15H8Cl2O3/c16-11-6-5-10-12(19)7-13(20-15(10)14(11)17)8-1-3-9(18)4-2-8/h1-7,18H. The Labute approximate surface area is 124 Å². The van der Waals surface area contributed by atoms with Gasteiger partial charge in [-0.15, -0.1) is 0 Å². The molecule has 0 bridgehead atoms. The van der Waals surface area contributed by atoms with Crippen LogP contribution in [-0.2, 0) is 0 Å². The molecule has 2 aromatic carbocycles. The van der Waals surface area contributed by atoms with E-state index in [2.05, 4.69) is 0 Å². The first kappa shape index (κ1) is 13.0. The van der Waals surface area contributed by atoms with Crippen LogP contribution in [0.1, 0.15) is 0 Å². The van der Waals surface area contributed by atoms with Crippen LogP contribution in [0.2, 0.25) is 10.0 Å². The summed E-state index contributed by atoms with van der Waals surface area (Å²) in [5.74, 6) is 0.504. The molecule has 1 N–H and O–H groups in total. The zero-order valence-corrected chi connectivity index (χ0v) is 11.6. The fraction of sp³-hybridized carbons (Fsp3) is 0. The van der Waals surface area contributed by atoms with Crippen LogP contribution in [0.5, 0.6) is 5.75 Å². The predicted octanol–water partition coefficient (Wildman–Crippen LogP) is 4.47. The topological polar surface area (TPSA) is 50.4 Å². The van der Waals surface area contributed by atoms with Gasteiger partial charge in [0.05, 0.1) is 10.4 Å². The molecule has 100 valence electrons. The zero-order valence-electron chi connectivity index (χ0n) is 10.1. The van der Waals surface area contributed by atoms with Crippen LogP contribution in [0.25, 0.3) is 22.3 Å².